The van der Waals surface area contributed by atoms with Gasteiger partial charge in [0.15, 0.2) is 0 Å². The molecule has 3 N–H and O–H groups in total. The van der Waals surface area contributed by atoms with Gasteiger partial charge in [0.1, 0.15) is 0 Å². The highest BCUT2D eigenvalue weighted by atomic mass is 16.5. The van der Waals surface area contributed by atoms with Crippen molar-refractivity contribution in [3.8, 4) is 0 Å². The summed E-state index contributed by atoms with van der Waals surface area (Å²) in [6.45, 7) is 0. The maximum atomic E-state index is 10.8. The molecular weight excluding hydrogens is 194 g/mol. The molecule has 1 atom stereocenters. The van der Waals surface area contributed by atoms with Gasteiger partial charge in [0.25, 0.3) is 0 Å². The summed E-state index contributed by atoms with van der Waals surface area (Å²) >= 11 is 0. The van der Waals surface area contributed by atoms with Crippen LogP contribution in [0.15, 0.2) is 24.3 Å². The van der Waals surface area contributed by atoms with Gasteiger partial charge in [0.05, 0.1) is 13.2 Å². The summed E-state index contributed by atoms with van der Waals surface area (Å²) in [7, 11) is 1.33. The molecule has 0 bridgehead atoms. The van der Waals surface area contributed by atoms with E-state index >= 15 is 0 Å². The van der Waals surface area contributed by atoms with Crippen LogP contribution in [0.2, 0.25) is 0 Å². The zero-order valence-corrected chi connectivity index (χ0v) is 8.64. The summed E-state index contributed by atoms with van der Waals surface area (Å²) in [5.41, 5.74) is 6.92. The number of methoxy groups -OCH3 is 1. The van der Waals surface area contributed by atoms with E-state index in [4.69, 9.17) is 5.73 Å². The van der Waals surface area contributed by atoms with E-state index in [0.717, 1.165) is 5.56 Å². The lowest BCUT2D eigenvalue weighted by molar-refractivity contribution is -0.141. The molecule has 15 heavy (non-hydrogen) atoms. The van der Waals surface area contributed by atoms with Crippen LogP contribution in [0.4, 0.5) is 5.69 Å². The lowest BCUT2D eigenvalue weighted by atomic mass is 10.0. The van der Waals surface area contributed by atoms with Gasteiger partial charge in [-0.15, -0.1) is 0 Å². The van der Waals surface area contributed by atoms with Crippen molar-refractivity contribution in [1.29, 1.82) is 0 Å². The lowest BCUT2D eigenvalue weighted by Crippen LogP contribution is -2.04. The average Bonchev–Trinajstić information content (AvgIpc) is 2.26. The summed E-state index contributed by atoms with van der Waals surface area (Å²) in [6.07, 6.45) is -0.0803. The van der Waals surface area contributed by atoms with Crippen molar-refractivity contribution in [2.75, 3.05) is 12.8 Å². The van der Waals surface area contributed by atoms with Gasteiger partial charge in [0.2, 0.25) is 0 Å². The molecule has 0 unspecified atom stereocenters. The molecule has 0 aromatic heterocycles. The zero-order chi connectivity index (χ0) is 11.3. The van der Waals surface area contributed by atoms with Crippen LogP contribution < -0.4 is 5.73 Å². The first-order valence-corrected chi connectivity index (χ1v) is 4.74. The van der Waals surface area contributed by atoms with Crippen molar-refractivity contribution in [3.63, 3.8) is 0 Å². The van der Waals surface area contributed by atoms with Gasteiger partial charge in [0, 0.05) is 12.1 Å². The van der Waals surface area contributed by atoms with Gasteiger partial charge < -0.3 is 15.6 Å². The number of hydrogen-bond acceptors (Lipinski definition) is 4. The number of aliphatic hydroxyl groups excluding tert-OH is 1. The Hall–Kier alpha value is -1.55. The number of nitrogens with two attached hydrogens (primary N) is 1. The number of hydrogen-bond donors (Lipinski definition) is 2. The minimum atomic E-state index is -0.648. The van der Waals surface area contributed by atoms with E-state index in [1.54, 1.807) is 24.3 Å². The number of benzene rings is 1. The maximum absolute atomic E-state index is 10.8. The Kier molecular flexibility index (Phi) is 4.12. The van der Waals surface area contributed by atoms with E-state index in [1.807, 2.05) is 0 Å². The van der Waals surface area contributed by atoms with Gasteiger partial charge >= 0.3 is 5.97 Å². The molecule has 0 saturated carbocycles. The number of aliphatic hydroxyl groups is 1. The van der Waals surface area contributed by atoms with Gasteiger partial charge in [-0.25, -0.2) is 0 Å². The Labute approximate surface area is 88.7 Å². The molecule has 0 heterocycles. The van der Waals surface area contributed by atoms with Gasteiger partial charge in [-0.2, -0.15) is 0 Å². The molecule has 0 saturated heterocycles. The monoisotopic (exact) mass is 209 g/mol. The zero-order valence-electron chi connectivity index (χ0n) is 8.64. The van der Waals surface area contributed by atoms with E-state index < -0.39 is 6.10 Å². The van der Waals surface area contributed by atoms with Crippen LogP contribution in [0, 0.1) is 0 Å². The first-order chi connectivity index (χ1) is 7.13. The van der Waals surface area contributed by atoms with Crippen LogP contribution >= 0.6 is 0 Å². The molecule has 1 aromatic carbocycles. The number of nitrogen functional groups attached to an aromatic ring is 1. The lowest BCUT2D eigenvalue weighted by Gasteiger charge is -2.10. The molecule has 0 aliphatic heterocycles. The summed E-state index contributed by atoms with van der Waals surface area (Å²) in [4.78, 5) is 10.8. The second-order valence-electron chi connectivity index (χ2n) is 3.30. The molecule has 0 aliphatic carbocycles. The summed E-state index contributed by atoms with van der Waals surface area (Å²) in [5.74, 6) is -0.315. The second kappa shape index (κ2) is 5.36. The Morgan fingerprint density at radius 2 is 2.07 bits per heavy atom. The maximum Gasteiger partial charge on any atom is 0.305 e. The molecule has 0 amide bonds. The number of anilines is 1. The van der Waals surface area contributed by atoms with Crippen molar-refractivity contribution in [2.24, 2.45) is 0 Å². The van der Waals surface area contributed by atoms with Crippen molar-refractivity contribution < 1.29 is 14.6 Å². The highest BCUT2D eigenvalue weighted by molar-refractivity contribution is 5.69. The van der Waals surface area contributed by atoms with E-state index in [0.29, 0.717) is 12.1 Å². The third-order valence-corrected chi connectivity index (χ3v) is 2.17. The van der Waals surface area contributed by atoms with E-state index in [2.05, 4.69) is 4.74 Å². The summed E-state index contributed by atoms with van der Waals surface area (Å²) < 4.78 is 4.49. The highest BCUT2D eigenvalue weighted by Crippen LogP contribution is 2.19. The van der Waals surface area contributed by atoms with Crippen LogP contribution in [0.25, 0.3) is 0 Å². The minimum absolute atomic E-state index is 0.210. The Balaban J connectivity index is 2.50. The van der Waals surface area contributed by atoms with E-state index in [1.165, 1.54) is 7.11 Å². The molecule has 1 aromatic rings. The van der Waals surface area contributed by atoms with Crippen LogP contribution in [0.5, 0.6) is 0 Å². The first-order valence-electron chi connectivity index (χ1n) is 4.74. The topological polar surface area (TPSA) is 72.5 Å². The Morgan fingerprint density at radius 1 is 1.47 bits per heavy atom. The van der Waals surface area contributed by atoms with Gasteiger partial charge in [-0.1, -0.05) is 12.1 Å². The van der Waals surface area contributed by atoms with Crippen LogP contribution in [0.3, 0.4) is 0 Å². The normalized spacial score (nSPS) is 12.1. The predicted molar refractivity (Wildman–Crippen MR) is 57.1 cm³/mol. The minimum Gasteiger partial charge on any atom is -0.469 e. The van der Waals surface area contributed by atoms with Crippen molar-refractivity contribution >= 4 is 11.7 Å². The fraction of sp³-hybridized carbons (Fsp3) is 0.364. The molecule has 0 aliphatic rings. The quantitative estimate of drug-likeness (QED) is 0.578. The highest BCUT2D eigenvalue weighted by Gasteiger charge is 2.10. The molecule has 82 valence electrons. The third-order valence-electron chi connectivity index (χ3n) is 2.17. The molecule has 4 heteroatoms. The fourth-order valence-electron chi connectivity index (χ4n) is 1.24. The van der Waals surface area contributed by atoms with Crippen LogP contribution in [-0.4, -0.2) is 18.2 Å². The number of carbonyl (C=O) groups is 1. The summed E-state index contributed by atoms with van der Waals surface area (Å²) in [5, 5.41) is 9.71. The second-order valence-corrected chi connectivity index (χ2v) is 3.30. The van der Waals surface area contributed by atoms with Crippen molar-refractivity contribution in [3.05, 3.63) is 29.8 Å². The van der Waals surface area contributed by atoms with Crippen molar-refractivity contribution in [1.82, 2.24) is 0 Å². The Morgan fingerprint density at radius 3 is 2.60 bits per heavy atom. The smallest absolute Gasteiger partial charge is 0.305 e. The Bertz CT molecular complexity index is 321. The number of carbonyl (C=O) groups excluding carboxylic acids is 1. The van der Waals surface area contributed by atoms with Gasteiger partial charge in [-0.05, 0) is 24.1 Å². The van der Waals surface area contributed by atoms with Gasteiger partial charge in [-0.3, -0.25) is 4.79 Å². The number of ether oxygens (including phenoxy) is 1. The van der Waals surface area contributed by atoms with Crippen LogP contribution in [-0.2, 0) is 9.53 Å². The molecule has 0 spiro atoms. The standard InChI is InChI=1S/C11H15NO3/c1-15-11(14)7-6-10(13)8-2-4-9(12)5-3-8/h2-5,10,13H,6-7,12H2,1H3/t10-/m0/s1. The third kappa shape index (κ3) is 3.59. The largest absolute Gasteiger partial charge is 0.469 e. The predicted octanol–water partition coefficient (Wildman–Crippen LogP) is 1.26. The first kappa shape index (κ1) is 11.5. The molecule has 0 fully saturated rings. The van der Waals surface area contributed by atoms with Crippen molar-refractivity contribution in [2.45, 2.75) is 18.9 Å². The van der Waals surface area contributed by atoms with Crippen LogP contribution in [0.1, 0.15) is 24.5 Å². The molecule has 1 rings (SSSR count). The molecular formula is C11H15NO3. The fourth-order valence-corrected chi connectivity index (χ4v) is 1.24. The molecule has 4 nitrogen and oxygen atoms in total. The van der Waals surface area contributed by atoms with E-state index in [9.17, 15) is 9.90 Å². The SMILES string of the molecule is COC(=O)CC[C@H](O)c1ccc(N)cc1. The summed E-state index contributed by atoms with van der Waals surface area (Å²) in [6, 6.07) is 6.93. The van der Waals surface area contributed by atoms with E-state index in [-0.39, 0.29) is 12.4 Å². The number of esters is 1. The number of rotatable bonds is 4. The molecule has 0 radical (unpaired) electrons. The average molecular weight is 209 g/mol.